The first-order chi connectivity index (χ1) is 11.9. The second kappa shape index (κ2) is 7.62. The lowest BCUT2D eigenvalue weighted by Gasteiger charge is -2.40. The third kappa shape index (κ3) is 3.70. The van der Waals surface area contributed by atoms with E-state index in [4.69, 9.17) is 16.5 Å². The van der Waals surface area contributed by atoms with Crippen LogP contribution in [0.1, 0.15) is 59.8 Å². The van der Waals surface area contributed by atoms with Crippen molar-refractivity contribution in [3.05, 3.63) is 34.4 Å². The Balaban J connectivity index is 1.67. The molecule has 1 aromatic carbocycles. The van der Waals surface area contributed by atoms with E-state index in [1.54, 1.807) is 6.07 Å². The average molecular weight is 367 g/mol. The molecule has 0 aromatic heterocycles. The normalized spacial score (nSPS) is 27.9. The standard InChI is InChI=1S/C19H27ClN2O3/c1-4-13-7-17(12(3)22(20)9-13)21-8-18(23)14-5-6-15-16(11(14)2)10-25-19(15)24/h5-6,12-13,17-18,21,23H,4,7-10H2,1-3H3/t12-,13+,17?,18-/m0/s1. The van der Waals surface area contributed by atoms with Gasteiger partial charge in [-0.2, -0.15) is 0 Å². The molecule has 4 atom stereocenters. The summed E-state index contributed by atoms with van der Waals surface area (Å²) in [6, 6.07) is 4.07. The summed E-state index contributed by atoms with van der Waals surface area (Å²) in [4.78, 5) is 11.6. The molecule has 0 spiro atoms. The van der Waals surface area contributed by atoms with Crippen LogP contribution in [0.3, 0.4) is 0 Å². The Morgan fingerprint density at radius 1 is 1.48 bits per heavy atom. The Kier molecular flexibility index (Phi) is 5.68. The van der Waals surface area contributed by atoms with Crippen LogP contribution in [-0.2, 0) is 11.3 Å². The molecule has 0 amide bonds. The van der Waals surface area contributed by atoms with Crippen LogP contribution in [-0.4, -0.2) is 40.7 Å². The molecule has 1 unspecified atom stereocenters. The van der Waals surface area contributed by atoms with E-state index in [0.717, 1.165) is 36.1 Å². The van der Waals surface area contributed by atoms with E-state index in [2.05, 4.69) is 19.2 Å². The molecule has 25 heavy (non-hydrogen) atoms. The second-order valence-electron chi connectivity index (χ2n) is 7.25. The van der Waals surface area contributed by atoms with E-state index in [0.29, 0.717) is 24.6 Å². The summed E-state index contributed by atoms with van der Waals surface area (Å²) in [5, 5.41) is 14.2. The number of hydrogen-bond donors (Lipinski definition) is 2. The van der Waals surface area contributed by atoms with Crippen LogP contribution >= 0.6 is 11.8 Å². The van der Waals surface area contributed by atoms with E-state index in [-0.39, 0.29) is 18.1 Å². The van der Waals surface area contributed by atoms with Crippen molar-refractivity contribution in [3.63, 3.8) is 0 Å². The number of halogens is 1. The molecule has 6 heteroatoms. The first-order valence-corrected chi connectivity index (χ1v) is 9.39. The van der Waals surface area contributed by atoms with Crippen molar-refractivity contribution in [3.8, 4) is 0 Å². The zero-order valence-corrected chi connectivity index (χ0v) is 15.8. The Labute approximate surface area is 154 Å². The van der Waals surface area contributed by atoms with E-state index in [1.807, 2.05) is 17.4 Å². The van der Waals surface area contributed by atoms with Crippen LogP contribution in [0.4, 0.5) is 0 Å². The molecule has 5 nitrogen and oxygen atoms in total. The maximum atomic E-state index is 11.6. The number of nitrogens with zero attached hydrogens (tertiary/aromatic N) is 1. The number of carbonyl (C=O) groups is 1. The van der Waals surface area contributed by atoms with Crippen molar-refractivity contribution >= 4 is 17.7 Å². The molecule has 2 aliphatic heterocycles. The lowest BCUT2D eigenvalue weighted by Crippen LogP contribution is -2.52. The highest BCUT2D eigenvalue weighted by Crippen LogP contribution is 2.30. The Bertz CT molecular complexity index is 652. The Morgan fingerprint density at radius 3 is 2.96 bits per heavy atom. The number of esters is 1. The third-order valence-corrected chi connectivity index (χ3v) is 6.21. The number of benzene rings is 1. The summed E-state index contributed by atoms with van der Waals surface area (Å²) in [6.07, 6.45) is 1.55. The summed E-state index contributed by atoms with van der Waals surface area (Å²) >= 11 is 6.36. The highest BCUT2D eigenvalue weighted by molar-refractivity contribution is 6.13. The highest BCUT2D eigenvalue weighted by Gasteiger charge is 2.32. The molecule has 2 N–H and O–H groups in total. The van der Waals surface area contributed by atoms with Gasteiger partial charge in [0.25, 0.3) is 0 Å². The quantitative estimate of drug-likeness (QED) is 0.619. The van der Waals surface area contributed by atoms with Crippen molar-refractivity contribution in [2.45, 2.75) is 58.4 Å². The van der Waals surface area contributed by atoms with Gasteiger partial charge in [0.2, 0.25) is 0 Å². The van der Waals surface area contributed by atoms with Crippen LogP contribution in [0.15, 0.2) is 12.1 Å². The molecule has 0 aliphatic carbocycles. The van der Waals surface area contributed by atoms with Gasteiger partial charge in [-0.3, -0.25) is 0 Å². The molecular weight excluding hydrogens is 340 g/mol. The molecule has 1 aromatic rings. The number of nitrogens with one attached hydrogen (secondary N) is 1. The summed E-state index contributed by atoms with van der Waals surface area (Å²) in [5.74, 6) is 0.300. The minimum absolute atomic E-state index is 0.226. The number of fused-ring (bicyclic) bond motifs is 1. The monoisotopic (exact) mass is 366 g/mol. The van der Waals surface area contributed by atoms with Gasteiger partial charge in [-0.15, -0.1) is 0 Å². The van der Waals surface area contributed by atoms with E-state index in [9.17, 15) is 9.90 Å². The van der Waals surface area contributed by atoms with Gasteiger partial charge in [0.1, 0.15) is 6.61 Å². The number of ether oxygens (including phenoxy) is 1. The number of carbonyl (C=O) groups excluding carboxylic acids is 1. The number of rotatable bonds is 5. The van der Waals surface area contributed by atoms with Crippen molar-refractivity contribution in [2.24, 2.45) is 5.92 Å². The first-order valence-electron chi connectivity index (χ1n) is 9.05. The summed E-state index contributed by atoms with van der Waals surface area (Å²) in [5.41, 5.74) is 3.30. The van der Waals surface area contributed by atoms with E-state index in [1.165, 1.54) is 0 Å². The fourth-order valence-electron chi connectivity index (χ4n) is 3.89. The van der Waals surface area contributed by atoms with Crippen LogP contribution in [0.25, 0.3) is 0 Å². The smallest absolute Gasteiger partial charge is 0.338 e. The van der Waals surface area contributed by atoms with Crippen LogP contribution in [0.2, 0.25) is 0 Å². The van der Waals surface area contributed by atoms with Gasteiger partial charge in [0.15, 0.2) is 0 Å². The minimum Gasteiger partial charge on any atom is -0.457 e. The highest BCUT2D eigenvalue weighted by atomic mass is 35.5. The van der Waals surface area contributed by atoms with Crippen LogP contribution in [0.5, 0.6) is 0 Å². The van der Waals surface area contributed by atoms with Gasteiger partial charge < -0.3 is 15.2 Å². The van der Waals surface area contributed by atoms with Gasteiger partial charge >= 0.3 is 5.97 Å². The number of cyclic esters (lactones) is 1. The Morgan fingerprint density at radius 2 is 2.24 bits per heavy atom. The maximum Gasteiger partial charge on any atom is 0.338 e. The fourth-order valence-corrected chi connectivity index (χ4v) is 4.22. The molecule has 3 rings (SSSR count). The molecule has 0 bridgehead atoms. The lowest BCUT2D eigenvalue weighted by molar-refractivity contribution is 0.0535. The molecule has 1 fully saturated rings. The molecule has 0 saturated carbocycles. The van der Waals surface area contributed by atoms with E-state index >= 15 is 0 Å². The number of hydrogen-bond acceptors (Lipinski definition) is 5. The zero-order valence-electron chi connectivity index (χ0n) is 15.1. The van der Waals surface area contributed by atoms with Crippen molar-refractivity contribution in [2.75, 3.05) is 13.1 Å². The average Bonchev–Trinajstić information content (AvgIpc) is 2.98. The third-order valence-electron chi connectivity index (χ3n) is 5.76. The lowest BCUT2D eigenvalue weighted by atomic mass is 9.88. The van der Waals surface area contributed by atoms with Gasteiger partial charge in [0.05, 0.1) is 11.7 Å². The van der Waals surface area contributed by atoms with Crippen molar-refractivity contribution < 1.29 is 14.6 Å². The van der Waals surface area contributed by atoms with Crippen LogP contribution in [0, 0.1) is 12.8 Å². The molecule has 1 saturated heterocycles. The first kappa shape index (κ1) is 18.6. The predicted octanol–water partition coefficient (Wildman–Crippen LogP) is 2.93. The van der Waals surface area contributed by atoms with Crippen molar-refractivity contribution in [1.29, 1.82) is 0 Å². The minimum atomic E-state index is -0.626. The fraction of sp³-hybridized carbons (Fsp3) is 0.632. The molecular formula is C19H27ClN2O3. The van der Waals surface area contributed by atoms with Gasteiger partial charge in [-0.05, 0) is 55.2 Å². The largest absolute Gasteiger partial charge is 0.457 e. The van der Waals surface area contributed by atoms with Gasteiger partial charge in [-0.1, -0.05) is 19.4 Å². The van der Waals surface area contributed by atoms with Gasteiger partial charge in [0, 0.05) is 30.7 Å². The zero-order chi connectivity index (χ0) is 18.1. The summed E-state index contributed by atoms with van der Waals surface area (Å²) in [7, 11) is 0. The molecule has 2 heterocycles. The maximum absolute atomic E-state index is 11.6. The molecule has 138 valence electrons. The SMILES string of the molecule is CC[C@@H]1CC(NC[C@H](O)c2ccc3c(c2C)COC3=O)[C@H](C)N(Cl)C1. The number of aliphatic hydroxyl groups excluding tert-OH is 1. The molecule has 0 radical (unpaired) electrons. The van der Waals surface area contributed by atoms with E-state index < -0.39 is 6.10 Å². The predicted molar refractivity (Wildman–Crippen MR) is 97.5 cm³/mol. The number of piperidine rings is 1. The second-order valence-corrected chi connectivity index (χ2v) is 7.68. The van der Waals surface area contributed by atoms with Gasteiger partial charge in [-0.25, -0.2) is 9.21 Å². The van der Waals surface area contributed by atoms with Crippen LogP contribution < -0.4 is 5.32 Å². The summed E-state index contributed by atoms with van der Waals surface area (Å²) in [6.45, 7) is 7.92. The number of aliphatic hydroxyl groups is 1. The summed E-state index contributed by atoms with van der Waals surface area (Å²) < 4.78 is 6.97. The Hall–Kier alpha value is -1.14. The van der Waals surface area contributed by atoms with Crippen molar-refractivity contribution in [1.82, 2.24) is 9.74 Å². The topological polar surface area (TPSA) is 61.8 Å². The molecule has 2 aliphatic rings.